The Labute approximate surface area is 173 Å². The molecule has 0 bridgehead atoms. The van der Waals surface area contributed by atoms with Crippen molar-refractivity contribution in [2.24, 2.45) is 0 Å². The van der Waals surface area contributed by atoms with Crippen molar-refractivity contribution < 1.29 is 56.9 Å². The van der Waals surface area contributed by atoms with Gasteiger partial charge in [0.05, 0.1) is 54.4 Å². The molecular formula is C16H38I2N4. The Morgan fingerprint density at radius 2 is 0.909 bits per heavy atom. The Kier molecular flexibility index (Phi) is 13.7. The van der Waals surface area contributed by atoms with Crippen molar-refractivity contribution in [1.82, 2.24) is 9.80 Å². The van der Waals surface area contributed by atoms with E-state index >= 15 is 0 Å². The van der Waals surface area contributed by atoms with Crippen molar-refractivity contribution >= 4 is 0 Å². The molecule has 6 heteroatoms. The Morgan fingerprint density at radius 1 is 0.636 bits per heavy atom. The number of likely N-dealkylation sites (N-methyl/N-ethyl adjacent to an activating group) is 2. The Bertz CT molecular complexity index is 249. The molecule has 1 saturated heterocycles. The molecule has 136 valence electrons. The van der Waals surface area contributed by atoms with Crippen molar-refractivity contribution in [2.45, 2.75) is 13.8 Å². The van der Waals surface area contributed by atoms with Crippen LogP contribution in [0.1, 0.15) is 13.8 Å². The number of halogens is 2. The number of piperazine rings is 1. The summed E-state index contributed by atoms with van der Waals surface area (Å²) < 4.78 is 2.28. The largest absolute Gasteiger partial charge is 1.00 e. The van der Waals surface area contributed by atoms with Crippen molar-refractivity contribution in [3.63, 3.8) is 0 Å². The highest BCUT2D eigenvalue weighted by molar-refractivity contribution is 4.71. The third kappa shape index (κ3) is 10.2. The van der Waals surface area contributed by atoms with Crippen LogP contribution in [0.4, 0.5) is 0 Å². The van der Waals surface area contributed by atoms with Gasteiger partial charge in [-0.05, 0) is 13.8 Å². The third-order valence-electron chi connectivity index (χ3n) is 5.22. The monoisotopic (exact) mass is 540 g/mol. The number of rotatable bonds is 8. The highest BCUT2D eigenvalue weighted by Gasteiger charge is 2.21. The van der Waals surface area contributed by atoms with Gasteiger partial charge in [-0.1, -0.05) is 0 Å². The summed E-state index contributed by atoms with van der Waals surface area (Å²) in [5.74, 6) is 0. The number of hydrogen-bond acceptors (Lipinski definition) is 2. The summed E-state index contributed by atoms with van der Waals surface area (Å²) in [5.41, 5.74) is 0. The molecule has 0 spiro atoms. The van der Waals surface area contributed by atoms with Gasteiger partial charge in [0.1, 0.15) is 0 Å². The summed E-state index contributed by atoms with van der Waals surface area (Å²) in [6.45, 7) is 17.1. The Morgan fingerprint density at radius 3 is 1.14 bits per heavy atom. The second-order valence-electron chi connectivity index (χ2n) is 7.63. The summed E-state index contributed by atoms with van der Waals surface area (Å²) in [6.07, 6.45) is 0. The predicted molar refractivity (Wildman–Crippen MR) is 87.9 cm³/mol. The lowest BCUT2D eigenvalue weighted by Gasteiger charge is -2.38. The zero-order valence-corrected chi connectivity index (χ0v) is 19.9. The van der Waals surface area contributed by atoms with Gasteiger partial charge >= 0.3 is 0 Å². The first kappa shape index (κ1) is 25.5. The van der Waals surface area contributed by atoms with Crippen LogP contribution < -0.4 is 48.0 Å². The van der Waals surface area contributed by atoms with E-state index in [0.29, 0.717) is 0 Å². The van der Waals surface area contributed by atoms with Crippen LogP contribution in [-0.2, 0) is 0 Å². The molecule has 0 aromatic heterocycles. The van der Waals surface area contributed by atoms with Crippen molar-refractivity contribution in [2.75, 3.05) is 93.6 Å². The topological polar surface area (TPSA) is 6.48 Å². The molecule has 1 fully saturated rings. The van der Waals surface area contributed by atoms with Gasteiger partial charge in [-0.25, -0.2) is 0 Å². The van der Waals surface area contributed by atoms with E-state index in [-0.39, 0.29) is 48.0 Å². The molecule has 0 atom stereocenters. The van der Waals surface area contributed by atoms with Crippen LogP contribution in [0, 0.1) is 0 Å². The molecule has 0 aliphatic carbocycles. The molecule has 0 N–H and O–H groups in total. The fourth-order valence-corrected chi connectivity index (χ4v) is 2.38. The normalized spacial score (nSPS) is 17.7. The van der Waals surface area contributed by atoms with E-state index in [4.69, 9.17) is 0 Å². The molecule has 1 aliphatic rings. The molecule has 1 heterocycles. The second kappa shape index (κ2) is 11.8. The van der Waals surface area contributed by atoms with Gasteiger partial charge in [0.25, 0.3) is 0 Å². The van der Waals surface area contributed by atoms with Gasteiger partial charge in [-0.3, -0.25) is 9.80 Å². The van der Waals surface area contributed by atoms with Crippen LogP contribution in [0.15, 0.2) is 0 Å². The Balaban J connectivity index is 0. The Hall–Kier alpha value is 1.30. The first-order chi connectivity index (χ1) is 9.28. The standard InChI is InChI=1S/C16H38N4.2HI/c1-7-19(3,4)15-13-17-9-11-18(12-10-17)14-16-20(5,6)8-2;;/h7-16H2,1-6H3;2*1H/q+2;;/p-2. The first-order valence-electron chi connectivity index (χ1n) is 8.37. The average molecular weight is 540 g/mol. The lowest BCUT2D eigenvalue weighted by molar-refractivity contribution is -0.888. The van der Waals surface area contributed by atoms with Crippen LogP contribution >= 0.6 is 0 Å². The maximum Gasteiger partial charge on any atom is 0.0911 e. The molecule has 0 amide bonds. The first-order valence-corrected chi connectivity index (χ1v) is 8.37. The highest BCUT2D eigenvalue weighted by atomic mass is 127. The predicted octanol–water partition coefficient (Wildman–Crippen LogP) is -5.20. The number of nitrogens with zero attached hydrogens (tertiary/aromatic N) is 4. The summed E-state index contributed by atoms with van der Waals surface area (Å²) in [4.78, 5) is 5.29. The summed E-state index contributed by atoms with van der Waals surface area (Å²) in [7, 11) is 9.34. The van der Waals surface area contributed by atoms with E-state index in [1.54, 1.807) is 0 Å². The van der Waals surface area contributed by atoms with Crippen LogP contribution in [0.5, 0.6) is 0 Å². The minimum absolute atomic E-state index is 0. The lowest BCUT2D eigenvalue weighted by Crippen LogP contribution is -3.00. The molecular weight excluding hydrogens is 502 g/mol. The van der Waals surface area contributed by atoms with Crippen LogP contribution in [0.2, 0.25) is 0 Å². The van der Waals surface area contributed by atoms with Gasteiger partial charge in [0, 0.05) is 39.3 Å². The smallest absolute Gasteiger partial charge is 0.0911 e. The summed E-state index contributed by atoms with van der Waals surface area (Å²) in [6, 6.07) is 0. The van der Waals surface area contributed by atoms with Crippen molar-refractivity contribution in [3.8, 4) is 0 Å². The van der Waals surface area contributed by atoms with Gasteiger partial charge in [0.2, 0.25) is 0 Å². The molecule has 0 radical (unpaired) electrons. The van der Waals surface area contributed by atoms with E-state index in [1.165, 1.54) is 65.4 Å². The second-order valence-corrected chi connectivity index (χ2v) is 7.63. The van der Waals surface area contributed by atoms with Gasteiger partial charge < -0.3 is 56.9 Å². The van der Waals surface area contributed by atoms with E-state index in [1.807, 2.05) is 0 Å². The molecule has 22 heavy (non-hydrogen) atoms. The third-order valence-corrected chi connectivity index (χ3v) is 5.22. The van der Waals surface area contributed by atoms with E-state index in [2.05, 4.69) is 51.8 Å². The number of quaternary nitrogens is 2. The minimum atomic E-state index is 0. The van der Waals surface area contributed by atoms with E-state index in [9.17, 15) is 0 Å². The zero-order valence-electron chi connectivity index (χ0n) is 15.6. The van der Waals surface area contributed by atoms with Crippen LogP contribution in [0.3, 0.4) is 0 Å². The lowest BCUT2D eigenvalue weighted by atomic mass is 10.3. The molecule has 0 aromatic carbocycles. The van der Waals surface area contributed by atoms with Crippen LogP contribution in [-0.4, -0.2) is 112 Å². The molecule has 0 unspecified atom stereocenters. The van der Waals surface area contributed by atoms with Gasteiger partial charge in [-0.15, -0.1) is 0 Å². The van der Waals surface area contributed by atoms with E-state index < -0.39 is 0 Å². The molecule has 1 aliphatic heterocycles. The maximum atomic E-state index is 2.64. The van der Waals surface area contributed by atoms with Gasteiger partial charge in [-0.2, -0.15) is 0 Å². The average Bonchev–Trinajstić information content (AvgIpc) is 2.44. The fourth-order valence-electron chi connectivity index (χ4n) is 2.38. The summed E-state index contributed by atoms with van der Waals surface area (Å²) >= 11 is 0. The van der Waals surface area contributed by atoms with Crippen LogP contribution in [0.25, 0.3) is 0 Å². The zero-order chi connectivity index (χ0) is 15.2. The SMILES string of the molecule is CC[N+](C)(C)CCN1CCN(CC[N+](C)(C)CC)CC1.[I-].[I-]. The summed E-state index contributed by atoms with van der Waals surface area (Å²) in [5, 5.41) is 0. The molecule has 0 saturated carbocycles. The highest BCUT2D eigenvalue weighted by Crippen LogP contribution is 2.05. The van der Waals surface area contributed by atoms with Crippen molar-refractivity contribution in [3.05, 3.63) is 0 Å². The maximum absolute atomic E-state index is 2.64. The molecule has 0 aromatic rings. The van der Waals surface area contributed by atoms with Crippen molar-refractivity contribution in [1.29, 1.82) is 0 Å². The van der Waals surface area contributed by atoms with Gasteiger partial charge in [0.15, 0.2) is 0 Å². The minimum Gasteiger partial charge on any atom is -1.00 e. The fraction of sp³-hybridized carbons (Fsp3) is 1.00. The quantitative estimate of drug-likeness (QED) is 0.225. The van der Waals surface area contributed by atoms with E-state index in [0.717, 1.165) is 8.97 Å². The molecule has 4 nitrogen and oxygen atoms in total. The number of hydrogen-bond donors (Lipinski definition) is 0. The molecule has 1 rings (SSSR count).